The Morgan fingerprint density at radius 2 is 1.94 bits per heavy atom. The molecule has 166 valence electrons. The third-order valence-electron chi connectivity index (χ3n) is 6.16. The second-order valence-electron chi connectivity index (χ2n) is 8.09. The van der Waals surface area contributed by atoms with E-state index in [0.717, 1.165) is 29.1 Å². The van der Waals surface area contributed by atoms with Gasteiger partial charge < -0.3 is 20.1 Å². The van der Waals surface area contributed by atoms with Crippen LogP contribution in [0.2, 0.25) is 0 Å². The first-order valence-corrected chi connectivity index (χ1v) is 11.4. The SMILES string of the molecule is CCc1ccccc1NC(=O)CCN1C(=S)N[C@@H](c2ccccn2)[C@H]1c1ccc(C)n1C. The first kappa shape index (κ1) is 22.0. The summed E-state index contributed by atoms with van der Waals surface area (Å²) in [7, 11) is 2.06. The number of aromatic nitrogens is 2. The van der Waals surface area contributed by atoms with Crippen LogP contribution in [0, 0.1) is 6.92 Å². The molecule has 1 saturated heterocycles. The van der Waals surface area contributed by atoms with Crippen molar-refractivity contribution in [3.05, 3.63) is 83.4 Å². The van der Waals surface area contributed by atoms with Gasteiger partial charge in [-0.1, -0.05) is 31.2 Å². The Hall–Kier alpha value is -3.19. The van der Waals surface area contributed by atoms with E-state index in [-0.39, 0.29) is 18.0 Å². The highest BCUT2D eigenvalue weighted by Gasteiger charge is 2.41. The number of thiocarbonyl (C=S) groups is 1. The molecule has 0 aliphatic carbocycles. The maximum absolute atomic E-state index is 12.8. The largest absolute Gasteiger partial charge is 0.352 e. The van der Waals surface area contributed by atoms with Crippen molar-refractivity contribution in [3.63, 3.8) is 0 Å². The fourth-order valence-corrected chi connectivity index (χ4v) is 4.62. The first-order chi connectivity index (χ1) is 15.5. The van der Waals surface area contributed by atoms with Gasteiger partial charge in [-0.15, -0.1) is 0 Å². The smallest absolute Gasteiger partial charge is 0.226 e. The molecule has 6 nitrogen and oxygen atoms in total. The van der Waals surface area contributed by atoms with E-state index in [4.69, 9.17) is 12.2 Å². The molecular formula is C25H29N5OS. The van der Waals surface area contributed by atoms with Crippen LogP contribution >= 0.6 is 12.2 Å². The van der Waals surface area contributed by atoms with Gasteiger partial charge in [0.05, 0.1) is 17.8 Å². The maximum Gasteiger partial charge on any atom is 0.226 e. The zero-order valence-electron chi connectivity index (χ0n) is 18.7. The minimum absolute atomic E-state index is 0.0169. The summed E-state index contributed by atoms with van der Waals surface area (Å²) in [5, 5.41) is 7.16. The molecule has 0 bridgehead atoms. The number of nitrogens with one attached hydrogen (secondary N) is 2. The van der Waals surface area contributed by atoms with Crippen LogP contribution in [0.25, 0.3) is 0 Å². The highest BCUT2D eigenvalue weighted by atomic mass is 32.1. The first-order valence-electron chi connectivity index (χ1n) is 11.0. The number of para-hydroxylation sites is 1. The number of carbonyl (C=O) groups excluding carboxylic acids is 1. The highest BCUT2D eigenvalue weighted by Crippen LogP contribution is 2.39. The Kier molecular flexibility index (Phi) is 6.55. The number of anilines is 1. The molecule has 3 heterocycles. The Bertz CT molecular complexity index is 1110. The van der Waals surface area contributed by atoms with E-state index in [1.807, 2.05) is 42.5 Å². The monoisotopic (exact) mass is 447 g/mol. The lowest BCUT2D eigenvalue weighted by Gasteiger charge is -2.28. The Morgan fingerprint density at radius 3 is 2.62 bits per heavy atom. The average Bonchev–Trinajstić information content (AvgIpc) is 3.31. The maximum atomic E-state index is 12.8. The number of rotatable bonds is 7. The summed E-state index contributed by atoms with van der Waals surface area (Å²) in [6.07, 6.45) is 3.01. The summed E-state index contributed by atoms with van der Waals surface area (Å²) in [5.74, 6) is -0.0169. The number of hydrogen-bond acceptors (Lipinski definition) is 3. The van der Waals surface area contributed by atoms with Gasteiger partial charge in [-0.05, 0) is 61.5 Å². The summed E-state index contributed by atoms with van der Waals surface area (Å²) in [6.45, 7) is 4.69. The summed E-state index contributed by atoms with van der Waals surface area (Å²) in [4.78, 5) is 19.5. The zero-order chi connectivity index (χ0) is 22.7. The Labute approximate surface area is 194 Å². The predicted octanol–water partition coefficient (Wildman–Crippen LogP) is 4.29. The number of hydrogen-bond donors (Lipinski definition) is 2. The molecule has 2 N–H and O–H groups in total. The van der Waals surface area contributed by atoms with E-state index in [1.165, 1.54) is 5.69 Å². The molecule has 0 unspecified atom stereocenters. The molecular weight excluding hydrogens is 418 g/mol. The van der Waals surface area contributed by atoms with Crippen molar-refractivity contribution in [2.24, 2.45) is 7.05 Å². The second-order valence-corrected chi connectivity index (χ2v) is 8.47. The molecule has 2 atom stereocenters. The lowest BCUT2D eigenvalue weighted by molar-refractivity contribution is -0.116. The molecule has 1 amide bonds. The van der Waals surface area contributed by atoms with Gasteiger partial charge in [0, 0.05) is 43.3 Å². The van der Waals surface area contributed by atoms with Gasteiger partial charge in [0.25, 0.3) is 0 Å². The molecule has 0 radical (unpaired) electrons. The topological polar surface area (TPSA) is 62.2 Å². The van der Waals surface area contributed by atoms with Crippen molar-refractivity contribution in [2.45, 2.75) is 38.8 Å². The lowest BCUT2D eigenvalue weighted by atomic mass is 10.0. The van der Waals surface area contributed by atoms with Gasteiger partial charge in [-0.3, -0.25) is 9.78 Å². The van der Waals surface area contributed by atoms with Crippen molar-refractivity contribution >= 4 is 28.9 Å². The van der Waals surface area contributed by atoms with Crippen LogP contribution in [0.4, 0.5) is 5.69 Å². The average molecular weight is 448 g/mol. The molecule has 1 fully saturated rings. The number of benzene rings is 1. The second kappa shape index (κ2) is 9.53. The van der Waals surface area contributed by atoms with Crippen molar-refractivity contribution < 1.29 is 4.79 Å². The van der Waals surface area contributed by atoms with Crippen molar-refractivity contribution in [1.82, 2.24) is 19.8 Å². The third-order valence-corrected chi connectivity index (χ3v) is 6.52. The van der Waals surface area contributed by atoms with Crippen LogP contribution in [-0.4, -0.2) is 32.0 Å². The number of carbonyl (C=O) groups is 1. The van der Waals surface area contributed by atoms with Crippen LogP contribution in [-0.2, 0) is 18.3 Å². The molecule has 7 heteroatoms. The van der Waals surface area contributed by atoms with Gasteiger partial charge in [-0.25, -0.2) is 0 Å². The number of nitrogens with zero attached hydrogens (tertiary/aromatic N) is 3. The summed E-state index contributed by atoms with van der Waals surface area (Å²) in [6, 6.07) is 18.0. The third kappa shape index (κ3) is 4.39. The van der Waals surface area contributed by atoms with Gasteiger partial charge in [0.2, 0.25) is 5.91 Å². The summed E-state index contributed by atoms with van der Waals surface area (Å²) in [5.41, 5.74) is 5.26. The van der Waals surface area contributed by atoms with E-state index in [9.17, 15) is 4.79 Å². The standard InChI is InChI=1S/C25H29N5OS/c1-4-18-9-5-6-10-19(18)27-22(31)14-16-30-24(21-13-12-17(2)29(21)3)23(28-25(30)32)20-11-7-8-15-26-20/h5-13,15,23-24H,4,14,16H2,1-3H3,(H,27,31)(H,28,32)/t23-,24+/m0/s1. The quantitative estimate of drug-likeness (QED) is 0.529. The van der Waals surface area contributed by atoms with Crippen molar-refractivity contribution in [2.75, 3.05) is 11.9 Å². The molecule has 4 rings (SSSR count). The highest BCUT2D eigenvalue weighted by molar-refractivity contribution is 7.80. The molecule has 0 saturated carbocycles. The van der Waals surface area contributed by atoms with Gasteiger partial charge in [0.15, 0.2) is 5.11 Å². The fourth-order valence-electron chi connectivity index (χ4n) is 4.28. The number of amides is 1. The van der Waals surface area contributed by atoms with E-state index < -0.39 is 0 Å². The number of pyridine rings is 1. The summed E-state index contributed by atoms with van der Waals surface area (Å²) < 4.78 is 2.18. The molecule has 0 spiro atoms. The van der Waals surface area contributed by atoms with Crippen LogP contribution in [0.1, 0.15) is 48.1 Å². The van der Waals surface area contributed by atoms with E-state index in [1.54, 1.807) is 6.20 Å². The predicted molar refractivity (Wildman–Crippen MR) is 131 cm³/mol. The molecule has 1 aliphatic rings. The minimum atomic E-state index is -0.0828. The molecule has 32 heavy (non-hydrogen) atoms. The van der Waals surface area contributed by atoms with Crippen LogP contribution in [0.15, 0.2) is 60.8 Å². The molecule has 1 aromatic carbocycles. The van der Waals surface area contributed by atoms with Crippen LogP contribution in [0.3, 0.4) is 0 Å². The summed E-state index contributed by atoms with van der Waals surface area (Å²) >= 11 is 5.71. The Morgan fingerprint density at radius 1 is 1.16 bits per heavy atom. The van der Waals surface area contributed by atoms with E-state index in [0.29, 0.717) is 18.1 Å². The molecule has 2 aromatic heterocycles. The van der Waals surface area contributed by atoms with Crippen LogP contribution < -0.4 is 10.6 Å². The van der Waals surface area contributed by atoms with Gasteiger partial charge in [-0.2, -0.15) is 0 Å². The van der Waals surface area contributed by atoms with E-state index in [2.05, 4.69) is 58.1 Å². The normalized spacial score (nSPS) is 18.0. The van der Waals surface area contributed by atoms with Gasteiger partial charge >= 0.3 is 0 Å². The van der Waals surface area contributed by atoms with E-state index >= 15 is 0 Å². The number of aryl methyl sites for hydroxylation is 2. The zero-order valence-corrected chi connectivity index (χ0v) is 19.5. The van der Waals surface area contributed by atoms with Crippen LogP contribution in [0.5, 0.6) is 0 Å². The fraction of sp³-hybridized carbons (Fsp3) is 0.320. The molecule has 1 aliphatic heterocycles. The van der Waals surface area contributed by atoms with Crippen molar-refractivity contribution in [1.29, 1.82) is 0 Å². The molecule has 3 aromatic rings. The van der Waals surface area contributed by atoms with Crippen molar-refractivity contribution in [3.8, 4) is 0 Å². The van der Waals surface area contributed by atoms with Gasteiger partial charge in [0.1, 0.15) is 0 Å². The Balaban J connectivity index is 1.55. The minimum Gasteiger partial charge on any atom is -0.352 e. The lowest BCUT2D eigenvalue weighted by Crippen LogP contribution is -2.33.